The lowest BCUT2D eigenvalue weighted by Gasteiger charge is -2.06. The number of carbonyl (C=O) groups is 1. The van der Waals surface area contributed by atoms with Gasteiger partial charge in [0.15, 0.2) is 17.2 Å². The third-order valence-corrected chi connectivity index (χ3v) is 3.49. The van der Waals surface area contributed by atoms with E-state index in [4.69, 9.17) is 4.42 Å². The van der Waals surface area contributed by atoms with Gasteiger partial charge in [0, 0.05) is 10.9 Å². The van der Waals surface area contributed by atoms with Crippen molar-refractivity contribution >= 4 is 22.6 Å². The Bertz CT molecular complexity index is 884. The number of nitrogens with one attached hydrogen (secondary N) is 1. The van der Waals surface area contributed by atoms with Crippen LogP contribution < -0.4 is 5.32 Å². The van der Waals surface area contributed by atoms with Gasteiger partial charge in [-0.25, -0.2) is 8.78 Å². The second-order valence-corrected chi connectivity index (χ2v) is 5.11. The normalized spacial score (nSPS) is 10.9. The van der Waals surface area contributed by atoms with Crippen LogP contribution in [-0.2, 0) is 0 Å². The third-order valence-electron chi connectivity index (χ3n) is 3.49. The molecule has 3 aromatic rings. The zero-order valence-electron chi connectivity index (χ0n) is 12.0. The van der Waals surface area contributed by atoms with Gasteiger partial charge in [0.25, 0.3) is 5.91 Å². The predicted octanol–water partition coefficient (Wildman–Crippen LogP) is 4.58. The highest BCUT2D eigenvalue weighted by Crippen LogP contribution is 2.28. The molecule has 0 spiro atoms. The number of furan rings is 1. The third kappa shape index (κ3) is 2.35. The fourth-order valence-corrected chi connectivity index (χ4v) is 2.34. The summed E-state index contributed by atoms with van der Waals surface area (Å²) in [5, 5.41) is 2.98. The van der Waals surface area contributed by atoms with E-state index in [9.17, 15) is 13.6 Å². The summed E-state index contributed by atoms with van der Waals surface area (Å²) in [5.74, 6) is -1.72. The van der Waals surface area contributed by atoms with Gasteiger partial charge in [0.05, 0.1) is 5.69 Å². The van der Waals surface area contributed by atoms with Crippen molar-refractivity contribution in [3.8, 4) is 0 Å². The predicted molar refractivity (Wildman–Crippen MR) is 80.0 cm³/mol. The zero-order valence-corrected chi connectivity index (χ0v) is 12.0. The van der Waals surface area contributed by atoms with Crippen molar-refractivity contribution in [2.75, 3.05) is 5.32 Å². The molecule has 0 aliphatic rings. The highest BCUT2D eigenvalue weighted by atomic mass is 19.1. The van der Waals surface area contributed by atoms with Crippen LogP contribution in [0.2, 0.25) is 0 Å². The highest BCUT2D eigenvalue weighted by molar-refractivity contribution is 6.06. The van der Waals surface area contributed by atoms with E-state index < -0.39 is 17.5 Å². The second-order valence-electron chi connectivity index (χ2n) is 5.11. The van der Waals surface area contributed by atoms with Crippen molar-refractivity contribution in [1.82, 2.24) is 0 Å². The van der Waals surface area contributed by atoms with Gasteiger partial charge in [-0.15, -0.1) is 0 Å². The smallest absolute Gasteiger partial charge is 0.291 e. The van der Waals surface area contributed by atoms with Crippen LogP contribution in [0.5, 0.6) is 0 Å². The molecular formula is C17H13F2NO2. The average molecular weight is 301 g/mol. The molecule has 3 nitrogen and oxygen atoms in total. The SMILES string of the molecule is Cc1ccc(F)c(NC(=O)c2oc3c(F)cccc3c2C)c1. The van der Waals surface area contributed by atoms with Crippen LogP contribution in [0.25, 0.3) is 11.0 Å². The van der Waals surface area contributed by atoms with Gasteiger partial charge in [0.1, 0.15) is 5.82 Å². The van der Waals surface area contributed by atoms with Gasteiger partial charge in [-0.2, -0.15) is 0 Å². The zero-order chi connectivity index (χ0) is 15.9. The minimum Gasteiger partial charge on any atom is -0.448 e. The molecule has 0 bridgehead atoms. The molecule has 1 heterocycles. The minimum atomic E-state index is -0.613. The molecule has 0 radical (unpaired) electrons. The monoisotopic (exact) mass is 301 g/mol. The molecule has 5 heteroatoms. The Morgan fingerprint density at radius 2 is 1.86 bits per heavy atom. The lowest BCUT2D eigenvalue weighted by molar-refractivity contribution is 0.0997. The first-order chi connectivity index (χ1) is 10.5. The first-order valence-electron chi connectivity index (χ1n) is 6.72. The number of carbonyl (C=O) groups excluding carboxylic acids is 1. The number of anilines is 1. The summed E-state index contributed by atoms with van der Waals surface area (Å²) in [6.07, 6.45) is 0. The molecular weight excluding hydrogens is 288 g/mol. The van der Waals surface area contributed by atoms with Crippen molar-refractivity contribution in [2.24, 2.45) is 0 Å². The van der Waals surface area contributed by atoms with Crippen molar-refractivity contribution in [3.05, 3.63) is 64.9 Å². The molecule has 0 aliphatic carbocycles. The summed E-state index contributed by atoms with van der Waals surface area (Å²) in [6.45, 7) is 3.45. The summed E-state index contributed by atoms with van der Waals surface area (Å²) in [4.78, 5) is 12.3. The maximum Gasteiger partial charge on any atom is 0.291 e. The molecule has 3 rings (SSSR count). The van der Waals surface area contributed by atoms with Crippen LogP contribution in [0.15, 0.2) is 40.8 Å². The number of hydrogen-bond donors (Lipinski definition) is 1. The van der Waals surface area contributed by atoms with Gasteiger partial charge in [-0.05, 0) is 37.6 Å². The summed E-state index contributed by atoms with van der Waals surface area (Å²) in [7, 11) is 0. The number of benzene rings is 2. The van der Waals surface area contributed by atoms with E-state index >= 15 is 0 Å². The van der Waals surface area contributed by atoms with E-state index in [2.05, 4.69) is 5.32 Å². The quantitative estimate of drug-likeness (QED) is 0.752. The standard InChI is InChI=1S/C17H13F2NO2/c1-9-6-7-12(18)14(8-9)20-17(21)15-10(2)11-4-3-5-13(19)16(11)22-15/h3-8H,1-2H3,(H,20,21). The Hall–Kier alpha value is -2.69. The summed E-state index contributed by atoms with van der Waals surface area (Å²) in [5.41, 5.74) is 1.41. The Balaban J connectivity index is 2.01. The summed E-state index contributed by atoms with van der Waals surface area (Å²) >= 11 is 0. The molecule has 0 saturated carbocycles. The lowest BCUT2D eigenvalue weighted by Crippen LogP contribution is -2.13. The van der Waals surface area contributed by atoms with E-state index in [-0.39, 0.29) is 17.0 Å². The van der Waals surface area contributed by atoms with Crippen LogP contribution in [0.4, 0.5) is 14.5 Å². The van der Waals surface area contributed by atoms with E-state index in [0.717, 1.165) is 5.56 Å². The Morgan fingerprint density at radius 1 is 1.09 bits per heavy atom. The van der Waals surface area contributed by atoms with Crippen LogP contribution in [0.3, 0.4) is 0 Å². The largest absolute Gasteiger partial charge is 0.448 e. The number of rotatable bonds is 2. The molecule has 1 amide bonds. The lowest BCUT2D eigenvalue weighted by atomic mass is 10.1. The Morgan fingerprint density at radius 3 is 2.59 bits per heavy atom. The number of hydrogen-bond acceptors (Lipinski definition) is 2. The van der Waals surface area contributed by atoms with E-state index in [1.165, 1.54) is 18.2 Å². The van der Waals surface area contributed by atoms with Crippen molar-refractivity contribution < 1.29 is 18.0 Å². The van der Waals surface area contributed by atoms with Gasteiger partial charge in [-0.1, -0.05) is 18.2 Å². The maximum atomic E-state index is 13.7. The first-order valence-corrected chi connectivity index (χ1v) is 6.72. The van der Waals surface area contributed by atoms with Gasteiger partial charge < -0.3 is 9.73 Å². The average Bonchev–Trinajstić information content (AvgIpc) is 2.82. The Labute approximate surface area is 125 Å². The molecule has 0 saturated heterocycles. The topological polar surface area (TPSA) is 42.2 Å². The summed E-state index contributed by atoms with van der Waals surface area (Å²) < 4.78 is 32.7. The molecule has 0 atom stereocenters. The van der Waals surface area contributed by atoms with E-state index in [1.54, 1.807) is 32.0 Å². The number of halogens is 2. The molecule has 2 aromatic carbocycles. The minimum absolute atomic E-state index is 0.0230. The molecule has 0 unspecified atom stereocenters. The van der Waals surface area contributed by atoms with Crippen LogP contribution >= 0.6 is 0 Å². The first kappa shape index (κ1) is 14.3. The van der Waals surface area contributed by atoms with Crippen LogP contribution in [0.1, 0.15) is 21.7 Å². The molecule has 112 valence electrons. The number of amides is 1. The van der Waals surface area contributed by atoms with Crippen molar-refractivity contribution in [2.45, 2.75) is 13.8 Å². The molecule has 1 aromatic heterocycles. The second kappa shape index (κ2) is 5.26. The van der Waals surface area contributed by atoms with Crippen molar-refractivity contribution in [3.63, 3.8) is 0 Å². The van der Waals surface area contributed by atoms with Crippen LogP contribution in [0, 0.1) is 25.5 Å². The van der Waals surface area contributed by atoms with E-state index in [0.29, 0.717) is 10.9 Å². The maximum absolute atomic E-state index is 13.7. The molecule has 0 fully saturated rings. The van der Waals surface area contributed by atoms with Crippen molar-refractivity contribution in [1.29, 1.82) is 0 Å². The van der Waals surface area contributed by atoms with Gasteiger partial charge in [0.2, 0.25) is 0 Å². The number of para-hydroxylation sites is 1. The molecule has 22 heavy (non-hydrogen) atoms. The van der Waals surface area contributed by atoms with Gasteiger partial charge >= 0.3 is 0 Å². The Kier molecular flexibility index (Phi) is 3.41. The number of fused-ring (bicyclic) bond motifs is 1. The highest BCUT2D eigenvalue weighted by Gasteiger charge is 2.20. The fraction of sp³-hybridized carbons (Fsp3) is 0.118. The van der Waals surface area contributed by atoms with Crippen LogP contribution in [-0.4, -0.2) is 5.91 Å². The molecule has 1 N–H and O–H groups in total. The summed E-state index contributed by atoms with van der Waals surface area (Å²) in [6, 6.07) is 8.87. The fourth-order valence-electron chi connectivity index (χ4n) is 2.34. The van der Waals surface area contributed by atoms with Gasteiger partial charge in [-0.3, -0.25) is 4.79 Å². The number of aryl methyl sites for hydroxylation is 2. The van der Waals surface area contributed by atoms with E-state index in [1.807, 2.05) is 0 Å². The molecule has 0 aliphatic heterocycles.